The zero-order chi connectivity index (χ0) is 20.9. The van der Waals surface area contributed by atoms with E-state index in [9.17, 15) is 8.78 Å². The number of halogens is 3. The van der Waals surface area contributed by atoms with Crippen LogP contribution in [-0.4, -0.2) is 48.6 Å². The van der Waals surface area contributed by atoms with Crippen LogP contribution in [0.4, 0.5) is 14.5 Å². The fraction of sp³-hybridized carbons (Fsp3) is 0.273. The van der Waals surface area contributed by atoms with Gasteiger partial charge in [0.2, 0.25) is 5.89 Å². The van der Waals surface area contributed by atoms with Crippen molar-refractivity contribution in [2.45, 2.75) is 6.42 Å². The highest BCUT2D eigenvalue weighted by Gasteiger charge is 2.18. The number of rotatable bonds is 5. The lowest BCUT2D eigenvalue weighted by Gasteiger charge is -2.36. The normalized spacial score (nSPS) is 14.5. The lowest BCUT2D eigenvalue weighted by molar-refractivity contribution is 0.381. The number of hydrogen-bond acceptors (Lipinski definition) is 4. The first-order valence-electron chi connectivity index (χ1n) is 9.84. The second-order valence-corrected chi connectivity index (χ2v) is 7.09. The predicted molar refractivity (Wildman–Crippen MR) is 128 cm³/mol. The lowest BCUT2D eigenvalue weighted by Crippen LogP contribution is -2.51. The van der Waals surface area contributed by atoms with Gasteiger partial charge in [-0.2, -0.15) is 0 Å². The fourth-order valence-corrected chi connectivity index (χ4v) is 3.38. The molecule has 0 aliphatic carbocycles. The first kappa shape index (κ1) is 23.0. The number of guanidine groups is 1. The number of hydrogen-bond donors (Lipinski definition) is 1. The molecule has 1 fully saturated rings. The highest BCUT2D eigenvalue weighted by Crippen LogP contribution is 2.19. The van der Waals surface area contributed by atoms with Gasteiger partial charge in [-0.1, -0.05) is 0 Å². The fourth-order valence-electron chi connectivity index (χ4n) is 3.38. The maximum Gasteiger partial charge on any atom is 0.226 e. The van der Waals surface area contributed by atoms with Crippen molar-refractivity contribution in [2.24, 2.45) is 10.7 Å². The van der Waals surface area contributed by atoms with Crippen LogP contribution < -0.4 is 10.6 Å². The smallest absolute Gasteiger partial charge is 0.226 e. The Morgan fingerprint density at radius 1 is 0.968 bits per heavy atom. The standard InChI is InChI=1S/C22H23F2N5O.HI/c23-17-3-1-16(2-4-17)21-27-19(15-30-21)9-10-26-22(25)29-13-11-28(12-14-29)20-7-5-18(24)6-8-20;/h1-8,15H,9-14H2,(H2,25,26);1H. The largest absolute Gasteiger partial charge is 0.444 e. The van der Waals surface area contributed by atoms with E-state index in [1.807, 2.05) is 4.90 Å². The number of piperazine rings is 1. The van der Waals surface area contributed by atoms with Crippen molar-refractivity contribution in [3.8, 4) is 11.5 Å². The molecule has 1 aliphatic heterocycles. The minimum Gasteiger partial charge on any atom is -0.444 e. The van der Waals surface area contributed by atoms with Crippen LogP contribution in [0.3, 0.4) is 0 Å². The maximum absolute atomic E-state index is 13.1. The van der Waals surface area contributed by atoms with E-state index in [1.54, 1.807) is 30.5 Å². The van der Waals surface area contributed by atoms with Crippen LogP contribution in [0.2, 0.25) is 0 Å². The van der Waals surface area contributed by atoms with Gasteiger partial charge in [-0.15, -0.1) is 24.0 Å². The molecule has 3 aromatic rings. The Kier molecular flexibility index (Phi) is 7.83. The van der Waals surface area contributed by atoms with Crippen molar-refractivity contribution >= 4 is 35.6 Å². The van der Waals surface area contributed by atoms with E-state index in [0.717, 1.165) is 43.1 Å². The monoisotopic (exact) mass is 539 g/mol. The molecule has 2 aromatic carbocycles. The Labute approximate surface area is 196 Å². The topological polar surface area (TPSA) is 70.9 Å². The second kappa shape index (κ2) is 10.6. The Balaban J connectivity index is 0.00000272. The highest BCUT2D eigenvalue weighted by atomic mass is 127. The van der Waals surface area contributed by atoms with Gasteiger partial charge in [-0.25, -0.2) is 13.8 Å². The van der Waals surface area contributed by atoms with E-state index >= 15 is 0 Å². The Hall–Kier alpha value is -2.69. The summed E-state index contributed by atoms with van der Waals surface area (Å²) in [6, 6.07) is 12.5. The summed E-state index contributed by atoms with van der Waals surface area (Å²) in [6.07, 6.45) is 2.19. The quantitative estimate of drug-likeness (QED) is 0.303. The summed E-state index contributed by atoms with van der Waals surface area (Å²) in [7, 11) is 0. The molecule has 0 amide bonds. The molecule has 1 aliphatic rings. The Morgan fingerprint density at radius 3 is 2.23 bits per heavy atom. The summed E-state index contributed by atoms with van der Waals surface area (Å²) >= 11 is 0. The molecule has 4 rings (SSSR count). The molecule has 1 aromatic heterocycles. The summed E-state index contributed by atoms with van der Waals surface area (Å²) in [5.41, 5.74) is 8.66. The van der Waals surface area contributed by atoms with Gasteiger partial charge in [0.25, 0.3) is 0 Å². The van der Waals surface area contributed by atoms with Crippen LogP contribution in [0, 0.1) is 11.6 Å². The van der Waals surface area contributed by atoms with Crippen LogP contribution >= 0.6 is 24.0 Å². The molecule has 2 N–H and O–H groups in total. The summed E-state index contributed by atoms with van der Waals surface area (Å²) < 4.78 is 31.6. The number of oxazole rings is 1. The van der Waals surface area contributed by atoms with Crippen LogP contribution in [0.15, 0.2) is 64.2 Å². The van der Waals surface area contributed by atoms with Crippen molar-refractivity contribution in [1.82, 2.24) is 9.88 Å². The molecule has 164 valence electrons. The number of aromatic nitrogens is 1. The van der Waals surface area contributed by atoms with Crippen LogP contribution in [-0.2, 0) is 6.42 Å². The number of nitrogens with zero attached hydrogens (tertiary/aromatic N) is 4. The molecule has 2 heterocycles. The van der Waals surface area contributed by atoms with E-state index in [4.69, 9.17) is 10.2 Å². The summed E-state index contributed by atoms with van der Waals surface area (Å²) in [4.78, 5) is 13.1. The molecule has 0 saturated carbocycles. The molecule has 0 atom stereocenters. The lowest BCUT2D eigenvalue weighted by atomic mass is 10.2. The summed E-state index contributed by atoms with van der Waals surface area (Å²) in [5, 5.41) is 0. The highest BCUT2D eigenvalue weighted by molar-refractivity contribution is 14.0. The molecule has 0 bridgehead atoms. The third-order valence-corrected chi connectivity index (χ3v) is 5.08. The zero-order valence-corrected chi connectivity index (χ0v) is 19.2. The third-order valence-electron chi connectivity index (χ3n) is 5.08. The van der Waals surface area contributed by atoms with Crippen molar-refractivity contribution in [1.29, 1.82) is 0 Å². The van der Waals surface area contributed by atoms with Gasteiger partial charge in [0.15, 0.2) is 5.96 Å². The minimum absolute atomic E-state index is 0. The molecule has 0 unspecified atom stereocenters. The Morgan fingerprint density at radius 2 is 1.58 bits per heavy atom. The van der Waals surface area contributed by atoms with Gasteiger partial charge in [0, 0.05) is 50.4 Å². The summed E-state index contributed by atoms with van der Waals surface area (Å²) in [5.74, 6) is 0.439. The van der Waals surface area contributed by atoms with E-state index in [-0.39, 0.29) is 35.6 Å². The third kappa shape index (κ3) is 5.93. The number of aliphatic imine (C=N–C) groups is 1. The molecule has 0 spiro atoms. The van der Waals surface area contributed by atoms with Gasteiger partial charge < -0.3 is 20.0 Å². The number of anilines is 1. The van der Waals surface area contributed by atoms with Crippen LogP contribution in [0.25, 0.3) is 11.5 Å². The average Bonchev–Trinajstić information content (AvgIpc) is 3.24. The van der Waals surface area contributed by atoms with E-state index in [2.05, 4.69) is 14.9 Å². The van der Waals surface area contributed by atoms with E-state index < -0.39 is 0 Å². The molecule has 6 nitrogen and oxygen atoms in total. The SMILES string of the molecule is I.NC(=NCCc1coc(-c2ccc(F)cc2)n1)N1CCN(c2ccc(F)cc2)CC1. The van der Waals surface area contributed by atoms with Crippen molar-refractivity contribution in [3.63, 3.8) is 0 Å². The zero-order valence-electron chi connectivity index (χ0n) is 16.9. The Bertz CT molecular complexity index is 1000. The first-order chi connectivity index (χ1) is 14.6. The molecular weight excluding hydrogens is 515 g/mol. The molecule has 31 heavy (non-hydrogen) atoms. The van der Waals surface area contributed by atoms with E-state index in [1.165, 1.54) is 24.3 Å². The number of nitrogens with two attached hydrogens (primary N) is 1. The number of benzene rings is 2. The predicted octanol–water partition coefficient (Wildman–Crippen LogP) is 3.92. The average molecular weight is 539 g/mol. The first-order valence-corrected chi connectivity index (χ1v) is 9.84. The molecule has 0 radical (unpaired) electrons. The van der Waals surface area contributed by atoms with Crippen LogP contribution in [0.5, 0.6) is 0 Å². The van der Waals surface area contributed by atoms with Crippen LogP contribution in [0.1, 0.15) is 5.69 Å². The van der Waals surface area contributed by atoms with Crippen molar-refractivity contribution in [2.75, 3.05) is 37.6 Å². The summed E-state index contributed by atoms with van der Waals surface area (Å²) in [6.45, 7) is 3.61. The van der Waals surface area contributed by atoms with Gasteiger partial charge in [0.05, 0.1) is 5.69 Å². The molecular formula is C22H24F2IN5O. The minimum atomic E-state index is -0.297. The van der Waals surface area contributed by atoms with Gasteiger partial charge in [-0.3, -0.25) is 4.99 Å². The maximum atomic E-state index is 13.1. The van der Waals surface area contributed by atoms with Crippen molar-refractivity contribution in [3.05, 3.63) is 72.1 Å². The van der Waals surface area contributed by atoms with Gasteiger partial charge in [0.1, 0.15) is 17.9 Å². The van der Waals surface area contributed by atoms with Crippen molar-refractivity contribution < 1.29 is 13.2 Å². The van der Waals surface area contributed by atoms with Gasteiger partial charge >= 0.3 is 0 Å². The molecule has 1 saturated heterocycles. The second-order valence-electron chi connectivity index (χ2n) is 7.09. The van der Waals surface area contributed by atoms with Gasteiger partial charge in [-0.05, 0) is 48.5 Å². The molecule has 9 heteroatoms. The van der Waals surface area contributed by atoms with E-state index in [0.29, 0.717) is 24.8 Å².